The van der Waals surface area contributed by atoms with Crippen molar-refractivity contribution in [1.82, 2.24) is 9.88 Å². The predicted molar refractivity (Wildman–Crippen MR) is 221 cm³/mol. The average molecular weight is 690 g/mol. The van der Waals surface area contributed by atoms with Gasteiger partial charge in [-0.25, -0.2) is 4.99 Å². The highest BCUT2D eigenvalue weighted by Crippen LogP contribution is 2.49. The fourth-order valence-corrected chi connectivity index (χ4v) is 11.8. The topological polar surface area (TPSA) is 29.3 Å². The molecule has 4 heterocycles. The second-order valence-electron chi connectivity index (χ2n) is 14.1. The summed E-state index contributed by atoms with van der Waals surface area (Å²) in [5.74, 6) is 1.12. The molecule has 0 bridgehead atoms. The Labute approximate surface area is 302 Å². The van der Waals surface area contributed by atoms with Crippen molar-refractivity contribution >= 4 is 108 Å². The summed E-state index contributed by atoms with van der Waals surface area (Å²) in [7, 11) is 0. The Bertz CT molecular complexity index is 3090. The first-order valence-corrected chi connectivity index (χ1v) is 19.5. The van der Waals surface area contributed by atoms with Crippen molar-refractivity contribution in [2.45, 2.75) is 24.9 Å². The van der Waals surface area contributed by atoms with Gasteiger partial charge >= 0.3 is 0 Å². The van der Waals surface area contributed by atoms with Crippen LogP contribution in [0.15, 0.2) is 139 Å². The van der Waals surface area contributed by atoms with E-state index in [1.807, 2.05) is 22.7 Å². The highest BCUT2D eigenvalue weighted by Gasteiger charge is 2.37. The van der Waals surface area contributed by atoms with E-state index in [2.05, 4.69) is 149 Å². The van der Waals surface area contributed by atoms with Gasteiger partial charge in [-0.1, -0.05) is 121 Å². The third-order valence-electron chi connectivity index (χ3n) is 11.4. The lowest BCUT2D eigenvalue weighted by Crippen LogP contribution is -2.48. The van der Waals surface area contributed by atoms with Gasteiger partial charge in [-0.3, -0.25) is 4.57 Å². The first-order chi connectivity index (χ1) is 25.3. The van der Waals surface area contributed by atoms with Crippen LogP contribution in [0.2, 0.25) is 0 Å². The molecule has 3 aliphatic rings. The van der Waals surface area contributed by atoms with Crippen molar-refractivity contribution in [3.63, 3.8) is 0 Å². The van der Waals surface area contributed by atoms with E-state index >= 15 is 0 Å². The van der Waals surface area contributed by atoms with Crippen LogP contribution in [-0.2, 0) is 6.42 Å². The van der Waals surface area contributed by atoms with E-state index in [0.717, 1.165) is 18.8 Å². The molecule has 12 rings (SSSR count). The molecule has 0 radical (unpaired) electrons. The number of aliphatic imine (C=N–C) groups is 1. The highest BCUT2D eigenvalue weighted by atomic mass is 32.1. The molecule has 1 N–H and O–H groups in total. The standard InChI is InChI=1S/C46H31N3S2/c1-2-14-27-26(13-1)25-34(44-40(27)32-19-7-11-23-37(32)50-44)42-30-17-5-9-21-35(30)47-46(48-42)49-36-22-10-6-18-31(36)39-28-15-3-4-16-29(28)41-33-20-8-12-24-38(33)51-45(41)43(39)49/h2-12,14-25,30,35,42H,1,13H2,(H,47,48). The predicted octanol–water partition coefficient (Wildman–Crippen LogP) is 12.3. The summed E-state index contributed by atoms with van der Waals surface area (Å²) in [6, 6.07) is 38.3. The Kier molecular flexibility index (Phi) is 5.82. The second-order valence-corrected chi connectivity index (χ2v) is 16.2. The molecule has 3 aromatic heterocycles. The Hall–Kier alpha value is -5.49. The third-order valence-corrected chi connectivity index (χ3v) is 13.8. The smallest absolute Gasteiger partial charge is 0.204 e. The molecule has 3 unspecified atom stereocenters. The number of thiophene rings is 2. The SMILES string of the molecule is C1=CC2NC(n3c4ccccc4c4c5ccccc5c5c6ccccc6sc5c43)=NC(c3cc4c(c5c3sc3ccccc35)C=CCC4)C2C=C1. The summed E-state index contributed by atoms with van der Waals surface area (Å²) in [5.41, 5.74) is 6.62. The van der Waals surface area contributed by atoms with E-state index in [9.17, 15) is 0 Å². The molecule has 0 spiro atoms. The minimum atomic E-state index is -0.0474. The van der Waals surface area contributed by atoms with Crippen LogP contribution in [0.5, 0.6) is 0 Å². The van der Waals surface area contributed by atoms with Gasteiger partial charge in [-0.2, -0.15) is 0 Å². The summed E-state index contributed by atoms with van der Waals surface area (Å²) in [6.07, 6.45) is 16.0. The summed E-state index contributed by atoms with van der Waals surface area (Å²) in [4.78, 5) is 5.87. The number of aromatic nitrogens is 1. The number of nitrogens with one attached hydrogen (secondary N) is 1. The lowest BCUT2D eigenvalue weighted by molar-refractivity contribution is 0.420. The van der Waals surface area contributed by atoms with Gasteiger partial charge in [0.15, 0.2) is 0 Å². The molecule has 6 aromatic carbocycles. The molecular weight excluding hydrogens is 659 g/mol. The van der Waals surface area contributed by atoms with Gasteiger partial charge in [0.05, 0.1) is 27.8 Å². The largest absolute Gasteiger partial charge is 0.349 e. The van der Waals surface area contributed by atoms with Crippen LogP contribution in [0, 0.1) is 5.92 Å². The van der Waals surface area contributed by atoms with Crippen molar-refractivity contribution in [1.29, 1.82) is 0 Å². The van der Waals surface area contributed by atoms with E-state index in [-0.39, 0.29) is 18.0 Å². The first kappa shape index (κ1) is 28.2. The summed E-state index contributed by atoms with van der Waals surface area (Å²) >= 11 is 3.84. The van der Waals surface area contributed by atoms with Crippen molar-refractivity contribution in [2.24, 2.45) is 10.9 Å². The molecule has 0 amide bonds. The van der Waals surface area contributed by atoms with E-state index in [1.54, 1.807) is 0 Å². The zero-order valence-electron chi connectivity index (χ0n) is 27.6. The van der Waals surface area contributed by atoms with Gasteiger partial charge in [-0.05, 0) is 58.5 Å². The van der Waals surface area contributed by atoms with Crippen molar-refractivity contribution in [3.8, 4) is 0 Å². The molecule has 51 heavy (non-hydrogen) atoms. The van der Waals surface area contributed by atoms with Gasteiger partial charge in [0.2, 0.25) is 5.96 Å². The quantitative estimate of drug-likeness (QED) is 0.183. The fraction of sp³-hybridized carbons (Fsp3) is 0.109. The molecule has 242 valence electrons. The molecule has 0 fully saturated rings. The Morgan fingerprint density at radius 1 is 0.667 bits per heavy atom. The maximum absolute atomic E-state index is 5.87. The molecule has 1 aliphatic heterocycles. The van der Waals surface area contributed by atoms with Crippen LogP contribution in [0.3, 0.4) is 0 Å². The maximum Gasteiger partial charge on any atom is 0.204 e. The van der Waals surface area contributed by atoms with Gasteiger partial charge < -0.3 is 5.32 Å². The zero-order chi connectivity index (χ0) is 33.2. The Morgan fingerprint density at radius 2 is 1.33 bits per heavy atom. The number of hydrogen-bond donors (Lipinski definition) is 1. The van der Waals surface area contributed by atoms with Crippen LogP contribution in [0.4, 0.5) is 0 Å². The van der Waals surface area contributed by atoms with Gasteiger partial charge in [0.25, 0.3) is 0 Å². The van der Waals surface area contributed by atoms with Crippen LogP contribution in [0.25, 0.3) is 79.0 Å². The third kappa shape index (κ3) is 3.85. The molecule has 0 saturated carbocycles. The molecule has 0 saturated heterocycles. The lowest BCUT2D eigenvalue weighted by Gasteiger charge is -2.37. The number of rotatable bonds is 1. The minimum absolute atomic E-state index is 0.0474. The van der Waals surface area contributed by atoms with Crippen LogP contribution >= 0.6 is 22.7 Å². The van der Waals surface area contributed by atoms with Crippen molar-refractivity contribution in [3.05, 3.63) is 150 Å². The summed E-state index contributed by atoms with van der Waals surface area (Å²) in [6.45, 7) is 0. The van der Waals surface area contributed by atoms with E-state index in [0.29, 0.717) is 0 Å². The number of nitrogens with zero attached hydrogens (tertiary/aromatic N) is 2. The van der Waals surface area contributed by atoms with Gasteiger partial charge in [-0.15, -0.1) is 22.7 Å². The van der Waals surface area contributed by atoms with Gasteiger partial charge in [0, 0.05) is 52.3 Å². The number of hydrogen-bond acceptors (Lipinski definition) is 4. The van der Waals surface area contributed by atoms with Crippen LogP contribution in [0.1, 0.15) is 29.2 Å². The van der Waals surface area contributed by atoms with Gasteiger partial charge in [0.1, 0.15) is 0 Å². The molecule has 3 nitrogen and oxygen atoms in total. The van der Waals surface area contributed by atoms with Crippen LogP contribution in [-0.4, -0.2) is 16.6 Å². The molecule has 5 heteroatoms. The normalized spacial score (nSPS) is 19.8. The number of benzene rings is 6. The number of aryl methyl sites for hydroxylation is 1. The molecular formula is C46H31N3S2. The summed E-state index contributed by atoms with van der Waals surface area (Å²) in [5, 5.41) is 14.6. The van der Waals surface area contributed by atoms with Crippen molar-refractivity contribution < 1.29 is 0 Å². The molecule has 2 aliphatic carbocycles. The van der Waals surface area contributed by atoms with Crippen molar-refractivity contribution in [2.75, 3.05) is 0 Å². The highest BCUT2D eigenvalue weighted by molar-refractivity contribution is 7.27. The Balaban J connectivity index is 1.21. The molecule has 9 aromatic rings. The summed E-state index contributed by atoms with van der Waals surface area (Å²) < 4.78 is 7.81. The molecule has 3 atom stereocenters. The lowest BCUT2D eigenvalue weighted by atomic mass is 9.81. The Morgan fingerprint density at radius 3 is 2.16 bits per heavy atom. The van der Waals surface area contributed by atoms with E-state index in [1.165, 1.54) is 89.6 Å². The maximum atomic E-state index is 5.87. The minimum Gasteiger partial charge on any atom is -0.349 e. The average Bonchev–Trinajstić information content (AvgIpc) is 3.88. The van der Waals surface area contributed by atoms with Crippen LogP contribution < -0.4 is 5.32 Å². The first-order valence-electron chi connectivity index (χ1n) is 17.9. The van der Waals surface area contributed by atoms with E-state index in [4.69, 9.17) is 4.99 Å². The number of para-hydroxylation sites is 1. The zero-order valence-corrected chi connectivity index (χ0v) is 29.3. The number of fused-ring (bicyclic) bond motifs is 16. The second kappa shape index (κ2) is 10.5. The number of allylic oxidation sites excluding steroid dienone is 3. The fourth-order valence-electron chi connectivity index (χ4n) is 9.28. The monoisotopic (exact) mass is 689 g/mol. The van der Waals surface area contributed by atoms with E-state index < -0.39 is 0 Å².